The Balaban J connectivity index is 1.93. The molecule has 0 spiro atoms. The second-order valence-corrected chi connectivity index (χ2v) is 5.81. The summed E-state index contributed by atoms with van der Waals surface area (Å²) >= 11 is 6.07. The van der Waals surface area contributed by atoms with Crippen molar-refractivity contribution in [2.24, 2.45) is 0 Å². The van der Waals surface area contributed by atoms with Gasteiger partial charge >= 0.3 is 0 Å². The first-order valence-corrected chi connectivity index (χ1v) is 7.78. The number of nitrogens with zero attached hydrogens (tertiary/aromatic N) is 2. The summed E-state index contributed by atoms with van der Waals surface area (Å²) in [5.41, 5.74) is 6.11. The molecule has 21 heavy (non-hydrogen) atoms. The van der Waals surface area contributed by atoms with Gasteiger partial charge in [-0.2, -0.15) is 0 Å². The normalized spacial score (nSPS) is 11.2. The lowest BCUT2D eigenvalue weighted by Crippen LogP contribution is -2.05. The molecule has 0 saturated carbocycles. The number of imidazole rings is 1. The molecule has 0 N–H and O–H groups in total. The van der Waals surface area contributed by atoms with Crippen LogP contribution in [0.1, 0.15) is 22.5 Å². The largest absolute Gasteiger partial charge is 0.327 e. The molecule has 3 aromatic rings. The standard InChI is InChI=1S/C18H19ClN2/c1-13-4-3-5-15(10-13)8-9-21-17-11-14(2)6-7-16(17)20-18(21)12-19/h3-7,10-11H,8-9,12H2,1-2H3. The molecule has 0 bridgehead atoms. The summed E-state index contributed by atoms with van der Waals surface area (Å²) < 4.78 is 2.25. The van der Waals surface area contributed by atoms with Crippen molar-refractivity contribution < 1.29 is 0 Å². The van der Waals surface area contributed by atoms with E-state index >= 15 is 0 Å². The predicted octanol–water partition coefficient (Wildman–Crippen LogP) is 4.63. The molecule has 0 amide bonds. The molecule has 3 heteroatoms. The quantitative estimate of drug-likeness (QED) is 0.642. The Labute approximate surface area is 130 Å². The molecular formula is C18H19ClN2. The Hall–Kier alpha value is -1.80. The summed E-state index contributed by atoms with van der Waals surface area (Å²) in [5, 5.41) is 0. The molecule has 0 fully saturated rings. The van der Waals surface area contributed by atoms with Crippen LogP contribution in [0.5, 0.6) is 0 Å². The average molecular weight is 299 g/mol. The van der Waals surface area contributed by atoms with Gasteiger partial charge in [0.25, 0.3) is 0 Å². The number of fused-ring (bicyclic) bond motifs is 1. The Bertz CT molecular complexity index is 774. The highest BCUT2D eigenvalue weighted by molar-refractivity contribution is 6.16. The average Bonchev–Trinajstić information content (AvgIpc) is 2.82. The molecule has 0 saturated heterocycles. The highest BCUT2D eigenvalue weighted by atomic mass is 35.5. The molecule has 0 atom stereocenters. The molecule has 1 heterocycles. The van der Waals surface area contributed by atoms with Crippen LogP contribution < -0.4 is 0 Å². The Kier molecular flexibility index (Phi) is 3.98. The van der Waals surface area contributed by atoms with Crippen LogP contribution in [0.2, 0.25) is 0 Å². The predicted molar refractivity (Wildman–Crippen MR) is 88.9 cm³/mol. The first-order chi connectivity index (χ1) is 10.2. The van der Waals surface area contributed by atoms with Crippen molar-refractivity contribution in [3.05, 3.63) is 65.0 Å². The molecule has 0 aliphatic rings. The zero-order valence-corrected chi connectivity index (χ0v) is 13.2. The van der Waals surface area contributed by atoms with E-state index in [1.54, 1.807) is 0 Å². The maximum atomic E-state index is 6.07. The van der Waals surface area contributed by atoms with Crippen molar-refractivity contribution in [2.75, 3.05) is 0 Å². The summed E-state index contributed by atoms with van der Waals surface area (Å²) in [5.74, 6) is 1.39. The Morgan fingerprint density at radius 2 is 1.86 bits per heavy atom. The van der Waals surface area contributed by atoms with E-state index in [2.05, 4.69) is 65.9 Å². The van der Waals surface area contributed by atoms with Crippen LogP contribution in [0, 0.1) is 13.8 Å². The van der Waals surface area contributed by atoms with Crippen molar-refractivity contribution in [3.8, 4) is 0 Å². The van der Waals surface area contributed by atoms with E-state index in [1.807, 2.05) is 0 Å². The summed E-state index contributed by atoms with van der Waals surface area (Å²) in [6, 6.07) is 15.0. The zero-order chi connectivity index (χ0) is 14.8. The minimum Gasteiger partial charge on any atom is -0.327 e. The molecular weight excluding hydrogens is 280 g/mol. The van der Waals surface area contributed by atoms with Crippen LogP contribution in [-0.2, 0) is 18.8 Å². The van der Waals surface area contributed by atoms with Gasteiger partial charge in [0.05, 0.1) is 16.9 Å². The van der Waals surface area contributed by atoms with Gasteiger partial charge in [-0.15, -0.1) is 11.6 Å². The van der Waals surface area contributed by atoms with Gasteiger partial charge in [-0.3, -0.25) is 0 Å². The van der Waals surface area contributed by atoms with Gasteiger partial charge in [0.15, 0.2) is 0 Å². The summed E-state index contributed by atoms with van der Waals surface area (Å²) in [7, 11) is 0. The fraction of sp³-hybridized carbons (Fsp3) is 0.278. The van der Waals surface area contributed by atoms with Crippen LogP contribution in [0.25, 0.3) is 11.0 Å². The van der Waals surface area contributed by atoms with Crippen molar-refractivity contribution in [1.82, 2.24) is 9.55 Å². The van der Waals surface area contributed by atoms with Crippen LogP contribution >= 0.6 is 11.6 Å². The summed E-state index contributed by atoms with van der Waals surface area (Å²) in [6.07, 6.45) is 0.991. The van der Waals surface area contributed by atoms with Gasteiger partial charge in [-0.1, -0.05) is 35.9 Å². The van der Waals surface area contributed by atoms with Gasteiger partial charge in [-0.05, 0) is 43.5 Å². The van der Waals surface area contributed by atoms with Gasteiger partial charge in [0, 0.05) is 6.54 Å². The van der Waals surface area contributed by atoms with Gasteiger partial charge < -0.3 is 4.57 Å². The van der Waals surface area contributed by atoms with E-state index in [0.717, 1.165) is 24.3 Å². The lowest BCUT2D eigenvalue weighted by atomic mass is 10.1. The van der Waals surface area contributed by atoms with Gasteiger partial charge in [0.2, 0.25) is 0 Å². The fourth-order valence-electron chi connectivity index (χ4n) is 2.74. The highest BCUT2D eigenvalue weighted by Gasteiger charge is 2.10. The SMILES string of the molecule is Cc1cccc(CCn2c(CCl)nc3ccc(C)cc32)c1. The number of rotatable bonds is 4. The number of halogens is 1. The minimum atomic E-state index is 0.446. The number of benzene rings is 2. The minimum absolute atomic E-state index is 0.446. The second-order valence-electron chi connectivity index (χ2n) is 5.54. The Morgan fingerprint density at radius 1 is 1.05 bits per heavy atom. The summed E-state index contributed by atoms with van der Waals surface area (Å²) in [6.45, 7) is 5.15. The smallest absolute Gasteiger partial charge is 0.124 e. The first-order valence-electron chi connectivity index (χ1n) is 7.24. The van der Waals surface area contributed by atoms with E-state index in [9.17, 15) is 0 Å². The topological polar surface area (TPSA) is 17.8 Å². The van der Waals surface area contributed by atoms with Crippen molar-refractivity contribution in [1.29, 1.82) is 0 Å². The molecule has 0 radical (unpaired) electrons. The molecule has 0 aliphatic carbocycles. The molecule has 0 unspecified atom stereocenters. The summed E-state index contributed by atoms with van der Waals surface area (Å²) in [4.78, 5) is 4.63. The third-order valence-electron chi connectivity index (χ3n) is 3.81. The first kappa shape index (κ1) is 14.2. The zero-order valence-electron chi connectivity index (χ0n) is 12.4. The molecule has 2 nitrogen and oxygen atoms in total. The second kappa shape index (κ2) is 5.90. The van der Waals surface area contributed by atoms with Crippen LogP contribution in [0.15, 0.2) is 42.5 Å². The van der Waals surface area contributed by atoms with Gasteiger partial charge in [-0.25, -0.2) is 4.98 Å². The maximum Gasteiger partial charge on any atom is 0.124 e. The number of aromatic nitrogens is 2. The number of hydrogen-bond donors (Lipinski definition) is 0. The van der Waals surface area contributed by atoms with Crippen molar-refractivity contribution >= 4 is 22.6 Å². The monoisotopic (exact) mass is 298 g/mol. The Morgan fingerprint density at radius 3 is 2.62 bits per heavy atom. The number of aryl methyl sites for hydroxylation is 4. The molecule has 1 aromatic heterocycles. The molecule has 2 aromatic carbocycles. The molecule has 0 aliphatic heterocycles. The van der Waals surface area contributed by atoms with E-state index in [4.69, 9.17) is 11.6 Å². The van der Waals surface area contributed by atoms with E-state index in [-0.39, 0.29) is 0 Å². The maximum absolute atomic E-state index is 6.07. The fourth-order valence-corrected chi connectivity index (χ4v) is 2.95. The van der Waals surface area contributed by atoms with E-state index in [0.29, 0.717) is 5.88 Å². The van der Waals surface area contributed by atoms with Gasteiger partial charge in [0.1, 0.15) is 5.82 Å². The lowest BCUT2D eigenvalue weighted by Gasteiger charge is -2.09. The molecule has 3 rings (SSSR count). The van der Waals surface area contributed by atoms with E-state index < -0.39 is 0 Å². The van der Waals surface area contributed by atoms with Crippen LogP contribution in [0.4, 0.5) is 0 Å². The number of alkyl halides is 1. The van der Waals surface area contributed by atoms with Crippen LogP contribution in [-0.4, -0.2) is 9.55 Å². The lowest BCUT2D eigenvalue weighted by molar-refractivity contribution is 0.687. The highest BCUT2D eigenvalue weighted by Crippen LogP contribution is 2.20. The number of hydrogen-bond acceptors (Lipinski definition) is 1. The van der Waals surface area contributed by atoms with Crippen molar-refractivity contribution in [2.45, 2.75) is 32.7 Å². The third-order valence-corrected chi connectivity index (χ3v) is 4.05. The third kappa shape index (κ3) is 2.96. The van der Waals surface area contributed by atoms with E-state index in [1.165, 1.54) is 22.2 Å². The van der Waals surface area contributed by atoms with Crippen LogP contribution in [0.3, 0.4) is 0 Å². The molecule has 108 valence electrons. The van der Waals surface area contributed by atoms with Crippen molar-refractivity contribution in [3.63, 3.8) is 0 Å².